The van der Waals surface area contributed by atoms with Crippen LogP contribution in [0.25, 0.3) is 0 Å². The van der Waals surface area contributed by atoms with Crippen molar-refractivity contribution in [3.8, 4) is 0 Å². The first-order valence-electron chi connectivity index (χ1n) is 8.45. The van der Waals surface area contributed by atoms with Crippen LogP contribution in [0, 0.1) is 6.92 Å². The number of rotatable bonds is 4. The Balaban J connectivity index is 1.72. The van der Waals surface area contributed by atoms with Gasteiger partial charge in [0.15, 0.2) is 0 Å². The van der Waals surface area contributed by atoms with Crippen molar-refractivity contribution in [1.82, 2.24) is 14.8 Å². The molecule has 0 spiro atoms. The van der Waals surface area contributed by atoms with Crippen LogP contribution >= 0.6 is 0 Å². The van der Waals surface area contributed by atoms with Crippen LogP contribution in [0.4, 0.5) is 5.82 Å². The van der Waals surface area contributed by atoms with Crippen LogP contribution < -0.4 is 5.32 Å². The number of hydrogen-bond acceptors (Lipinski definition) is 5. The molecular formula is C17H26N4O2. The Kier molecular flexibility index (Phi) is 5.13. The fraction of sp³-hybridized carbons (Fsp3) is 0.647. The number of carbonyl (C=O) groups excluding carboxylic acids is 1. The molecule has 0 radical (unpaired) electrons. The molecule has 2 fully saturated rings. The molecule has 0 saturated carbocycles. The second-order valence-electron chi connectivity index (χ2n) is 6.31. The number of anilines is 1. The molecule has 23 heavy (non-hydrogen) atoms. The molecule has 3 rings (SSSR count). The zero-order valence-electron chi connectivity index (χ0n) is 14.0. The summed E-state index contributed by atoms with van der Waals surface area (Å²) in [7, 11) is 1.81. The predicted molar refractivity (Wildman–Crippen MR) is 89.8 cm³/mol. The zero-order valence-corrected chi connectivity index (χ0v) is 14.0. The van der Waals surface area contributed by atoms with E-state index in [1.165, 1.54) is 0 Å². The van der Waals surface area contributed by atoms with E-state index in [2.05, 4.69) is 15.2 Å². The van der Waals surface area contributed by atoms with Crippen molar-refractivity contribution in [2.24, 2.45) is 0 Å². The summed E-state index contributed by atoms with van der Waals surface area (Å²) in [6, 6.07) is 4.09. The summed E-state index contributed by atoms with van der Waals surface area (Å²) in [6.07, 6.45) is 2.16. The van der Waals surface area contributed by atoms with Gasteiger partial charge in [-0.2, -0.15) is 0 Å². The Labute approximate surface area is 137 Å². The van der Waals surface area contributed by atoms with Crippen molar-refractivity contribution in [2.75, 3.05) is 51.8 Å². The largest absolute Gasteiger partial charge is 0.379 e. The van der Waals surface area contributed by atoms with Crippen LogP contribution in [-0.2, 0) is 4.74 Å². The van der Waals surface area contributed by atoms with E-state index in [0.717, 1.165) is 57.9 Å². The SMILES string of the molecule is CNc1nc(C)ccc1C(=O)N1CCC[C@H]1CN1CCOCC1. The van der Waals surface area contributed by atoms with Gasteiger partial charge < -0.3 is 15.0 Å². The number of morpholine rings is 1. The maximum Gasteiger partial charge on any atom is 0.257 e. The molecule has 1 atom stereocenters. The first kappa shape index (κ1) is 16.2. The number of ether oxygens (including phenoxy) is 1. The Hall–Kier alpha value is -1.66. The monoisotopic (exact) mass is 318 g/mol. The summed E-state index contributed by atoms with van der Waals surface area (Å²) in [5, 5.41) is 3.05. The summed E-state index contributed by atoms with van der Waals surface area (Å²) in [5.74, 6) is 0.768. The molecule has 0 bridgehead atoms. The Morgan fingerprint density at radius 3 is 2.87 bits per heavy atom. The van der Waals surface area contributed by atoms with Crippen LogP contribution in [0.2, 0.25) is 0 Å². The molecule has 1 amide bonds. The minimum absolute atomic E-state index is 0.0950. The number of hydrogen-bond donors (Lipinski definition) is 1. The number of amides is 1. The van der Waals surface area contributed by atoms with Crippen molar-refractivity contribution in [3.63, 3.8) is 0 Å². The number of aromatic nitrogens is 1. The van der Waals surface area contributed by atoms with Gasteiger partial charge >= 0.3 is 0 Å². The third-order valence-corrected chi connectivity index (χ3v) is 4.71. The molecule has 0 unspecified atom stereocenters. The molecule has 2 aliphatic rings. The molecule has 1 aromatic heterocycles. The lowest BCUT2D eigenvalue weighted by Gasteiger charge is -2.33. The highest BCUT2D eigenvalue weighted by atomic mass is 16.5. The standard InChI is InChI=1S/C17H26N4O2/c1-13-5-6-15(16(18-2)19-13)17(22)21-7-3-4-14(21)12-20-8-10-23-11-9-20/h5-6,14H,3-4,7-12H2,1-2H3,(H,18,19)/t14-/m0/s1. The minimum Gasteiger partial charge on any atom is -0.379 e. The van der Waals surface area contributed by atoms with Gasteiger partial charge in [-0.25, -0.2) is 4.98 Å². The van der Waals surface area contributed by atoms with E-state index in [-0.39, 0.29) is 5.91 Å². The lowest BCUT2D eigenvalue weighted by atomic mass is 10.1. The van der Waals surface area contributed by atoms with E-state index in [4.69, 9.17) is 4.74 Å². The maximum absolute atomic E-state index is 13.0. The van der Waals surface area contributed by atoms with Gasteiger partial charge in [-0.15, -0.1) is 0 Å². The number of nitrogens with zero attached hydrogens (tertiary/aromatic N) is 3. The summed E-state index contributed by atoms with van der Waals surface area (Å²) in [5.41, 5.74) is 1.59. The number of carbonyl (C=O) groups is 1. The molecule has 3 heterocycles. The van der Waals surface area contributed by atoms with Gasteiger partial charge in [0.05, 0.1) is 18.8 Å². The second-order valence-corrected chi connectivity index (χ2v) is 6.31. The smallest absolute Gasteiger partial charge is 0.257 e. The summed E-state index contributed by atoms with van der Waals surface area (Å²) >= 11 is 0. The first-order chi connectivity index (χ1) is 11.2. The lowest BCUT2D eigenvalue weighted by Crippen LogP contribution is -2.46. The van der Waals surface area contributed by atoms with Crippen LogP contribution in [0.15, 0.2) is 12.1 Å². The normalized spacial score (nSPS) is 22.3. The van der Waals surface area contributed by atoms with Crippen LogP contribution in [0.5, 0.6) is 0 Å². The topological polar surface area (TPSA) is 57.7 Å². The highest BCUT2D eigenvalue weighted by molar-refractivity contribution is 5.99. The van der Waals surface area contributed by atoms with Crippen LogP contribution in [0.1, 0.15) is 28.9 Å². The fourth-order valence-electron chi connectivity index (χ4n) is 3.45. The van der Waals surface area contributed by atoms with E-state index >= 15 is 0 Å². The predicted octanol–water partition coefficient (Wildman–Crippen LogP) is 1.37. The molecule has 2 saturated heterocycles. The Bertz CT molecular complexity index is 558. The van der Waals surface area contributed by atoms with Gasteiger partial charge in [-0.05, 0) is 31.9 Å². The van der Waals surface area contributed by atoms with E-state index in [0.29, 0.717) is 17.4 Å². The van der Waals surface area contributed by atoms with Crippen LogP contribution in [0.3, 0.4) is 0 Å². The third-order valence-electron chi connectivity index (χ3n) is 4.71. The van der Waals surface area contributed by atoms with Crippen molar-refractivity contribution >= 4 is 11.7 Å². The van der Waals surface area contributed by atoms with E-state index in [1.54, 1.807) is 0 Å². The number of nitrogens with one attached hydrogen (secondary N) is 1. The van der Waals surface area contributed by atoms with Crippen molar-refractivity contribution < 1.29 is 9.53 Å². The van der Waals surface area contributed by atoms with Crippen molar-refractivity contribution in [3.05, 3.63) is 23.4 Å². The zero-order chi connectivity index (χ0) is 16.2. The van der Waals surface area contributed by atoms with Gasteiger partial charge in [-0.3, -0.25) is 9.69 Å². The number of pyridine rings is 1. The molecule has 1 aromatic rings. The molecule has 6 heteroatoms. The van der Waals surface area contributed by atoms with Crippen molar-refractivity contribution in [2.45, 2.75) is 25.8 Å². The quantitative estimate of drug-likeness (QED) is 0.909. The third kappa shape index (κ3) is 3.64. The lowest BCUT2D eigenvalue weighted by molar-refractivity contribution is 0.0261. The fourth-order valence-corrected chi connectivity index (χ4v) is 3.45. The Morgan fingerprint density at radius 1 is 1.35 bits per heavy atom. The average molecular weight is 318 g/mol. The molecule has 126 valence electrons. The second kappa shape index (κ2) is 7.27. The van der Waals surface area contributed by atoms with Crippen LogP contribution in [-0.4, -0.2) is 73.2 Å². The minimum atomic E-state index is 0.0950. The Morgan fingerprint density at radius 2 is 2.13 bits per heavy atom. The van der Waals surface area contributed by atoms with E-state index in [9.17, 15) is 4.79 Å². The van der Waals surface area contributed by atoms with Gasteiger partial charge in [0.2, 0.25) is 0 Å². The van der Waals surface area contributed by atoms with Gasteiger partial charge in [-0.1, -0.05) is 0 Å². The van der Waals surface area contributed by atoms with E-state index < -0.39 is 0 Å². The van der Waals surface area contributed by atoms with Crippen molar-refractivity contribution in [1.29, 1.82) is 0 Å². The summed E-state index contributed by atoms with van der Waals surface area (Å²) in [4.78, 5) is 21.9. The molecule has 6 nitrogen and oxygen atoms in total. The molecule has 0 aliphatic carbocycles. The van der Waals surface area contributed by atoms with E-state index in [1.807, 2.05) is 31.0 Å². The number of likely N-dealkylation sites (tertiary alicyclic amines) is 1. The summed E-state index contributed by atoms with van der Waals surface area (Å²) < 4.78 is 5.41. The first-order valence-corrected chi connectivity index (χ1v) is 8.45. The molecule has 2 aliphatic heterocycles. The highest BCUT2D eigenvalue weighted by Gasteiger charge is 2.32. The molecule has 1 N–H and O–H groups in total. The average Bonchev–Trinajstić information content (AvgIpc) is 3.03. The van der Waals surface area contributed by atoms with Gasteiger partial charge in [0.1, 0.15) is 5.82 Å². The van der Waals surface area contributed by atoms with Gasteiger partial charge in [0.25, 0.3) is 5.91 Å². The highest BCUT2D eigenvalue weighted by Crippen LogP contribution is 2.24. The maximum atomic E-state index is 13.0. The number of aryl methyl sites for hydroxylation is 1. The van der Waals surface area contributed by atoms with Gasteiger partial charge in [0, 0.05) is 45.0 Å². The molecular weight excluding hydrogens is 292 g/mol. The molecule has 0 aromatic carbocycles. The summed E-state index contributed by atoms with van der Waals surface area (Å²) in [6.45, 7) is 7.25.